The lowest BCUT2D eigenvalue weighted by molar-refractivity contribution is 0.0938. The summed E-state index contributed by atoms with van der Waals surface area (Å²) in [5.74, 6) is 0.494. The average molecular weight is 346 g/mol. The number of carbonyl (C=O) groups is 1. The molecule has 4 rings (SSSR count). The first-order valence-electron chi connectivity index (χ1n) is 8.38. The zero-order valence-electron chi connectivity index (χ0n) is 14.8. The Hall–Kier alpha value is -3.35. The summed E-state index contributed by atoms with van der Waals surface area (Å²) in [4.78, 5) is 21.7. The number of rotatable bonds is 3. The van der Waals surface area contributed by atoms with E-state index < -0.39 is 0 Å². The van der Waals surface area contributed by atoms with Crippen LogP contribution in [0.25, 0.3) is 16.7 Å². The maximum absolute atomic E-state index is 12.7. The molecule has 1 atom stereocenters. The Kier molecular flexibility index (Phi) is 3.84. The fraction of sp³-hybridized carbons (Fsp3) is 0.211. The zero-order valence-corrected chi connectivity index (χ0v) is 14.8. The molecule has 0 saturated heterocycles. The smallest absolute Gasteiger partial charge is 0.251 e. The molecule has 7 heteroatoms. The summed E-state index contributed by atoms with van der Waals surface area (Å²) in [6.45, 7) is 5.72. The van der Waals surface area contributed by atoms with E-state index in [9.17, 15) is 4.79 Å². The monoisotopic (exact) mass is 346 g/mol. The minimum Gasteiger partial charge on any atom is -0.342 e. The summed E-state index contributed by atoms with van der Waals surface area (Å²) in [6, 6.07) is 10.7. The van der Waals surface area contributed by atoms with E-state index in [2.05, 4.69) is 25.5 Å². The molecule has 1 unspecified atom stereocenters. The number of pyridine rings is 1. The van der Waals surface area contributed by atoms with Gasteiger partial charge < -0.3 is 5.32 Å². The molecule has 0 aliphatic carbocycles. The highest BCUT2D eigenvalue weighted by Crippen LogP contribution is 2.16. The van der Waals surface area contributed by atoms with Crippen molar-refractivity contribution in [2.24, 2.45) is 0 Å². The van der Waals surface area contributed by atoms with Crippen molar-refractivity contribution in [1.29, 1.82) is 0 Å². The van der Waals surface area contributed by atoms with Crippen LogP contribution in [-0.2, 0) is 0 Å². The van der Waals surface area contributed by atoms with Crippen LogP contribution in [0, 0.1) is 13.8 Å². The lowest BCUT2D eigenvalue weighted by Crippen LogP contribution is -2.28. The van der Waals surface area contributed by atoms with E-state index in [1.165, 1.54) is 0 Å². The molecule has 4 aromatic rings. The SMILES string of the molecule is Cc1nc2ccc(C(=O)NC(C)c3nnc4ccccn34)cc2nc1C. The number of aromatic nitrogens is 5. The van der Waals surface area contributed by atoms with E-state index in [0.717, 1.165) is 22.6 Å². The third kappa shape index (κ3) is 2.77. The highest BCUT2D eigenvalue weighted by atomic mass is 16.1. The van der Waals surface area contributed by atoms with Crippen molar-refractivity contribution >= 4 is 22.6 Å². The quantitative estimate of drug-likeness (QED) is 0.616. The van der Waals surface area contributed by atoms with Crippen LogP contribution in [0.2, 0.25) is 0 Å². The number of nitrogens with one attached hydrogen (secondary N) is 1. The first kappa shape index (κ1) is 16.1. The molecule has 0 aliphatic heterocycles. The second kappa shape index (κ2) is 6.18. The molecule has 1 amide bonds. The number of carbonyl (C=O) groups excluding carboxylic acids is 1. The number of amides is 1. The molecule has 130 valence electrons. The van der Waals surface area contributed by atoms with Crippen LogP contribution in [0.5, 0.6) is 0 Å². The Labute approximate surface area is 150 Å². The standard InChI is InChI=1S/C19H18N6O/c1-11-12(2)21-16-10-14(7-8-15(16)20-11)19(26)22-13(3)18-24-23-17-6-4-5-9-25(17)18/h4-10,13H,1-3H3,(H,22,26). The van der Waals surface area contributed by atoms with Crippen molar-refractivity contribution in [3.05, 3.63) is 65.4 Å². The summed E-state index contributed by atoms with van der Waals surface area (Å²) in [6.07, 6.45) is 1.88. The van der Waals surface area contributed by atoms with Crippen LogP contribution in [0.15, 0.2) is 42.6 Å². The summed E-state index contributed by atoms with van der Waals surface area (Å²) in [5.41, 5.74) is 4.52. The van der Waals surface area contributed by atoms with E-state index in [4.69, 9.17) is 0 Å². The molecule has 3 aromatic heterocycles. The molecule has 0 fully saturated rings. The van der Waals surface area contributed by atoms with Gasteiger partial charge in [-0.2, -0.15) is 0 Å². The Bertz CT molecular complexity index is 1130. The van der Waals surface area contributed by atoms with Crippen molar-refractivity contribution in [1.82, 2.24) is 29.9 Å². The van der Waals surface area contributed by atoms with Gasteiger partial charge in [-0.05, 0) is 51.1 Å². The number of nitrogens with zero attached hydrogens (tertiary/aromatic N) is 5. The minimum atomic E-state index is -0.290. The van der Waals surface area contributed by atoms with E-state index in [-0.39, 0.29) is 11.9 Å². The summed E-state index contributed by atoms with van der Waals surface area (Å²) in [7, 11) is 0. The van der Waals surface area contributed by atoms with Crippen molar-refractivity contribution in [3.63, 3.8) is 0 Å². The zero-order chi connectivity index (χ0) is 18.3. The van der Waals surface area contributed by atoms with Gasteiger partial charge in [-0.3, -0.25) is 9.20 Å². The molecular weight excluding hydrogens is 328 g/mol. The van der Waals surface area contributed by atoms with Gasteiger partial charge in [0, 0.05) is 11.8 Å². The van der Waals surface area contributed by atoms with Crippen molar-refractivity contribution < 1.29 is 4.79 Å². The van der Waals surface area contributed by atoms with Gasteiger partial charge in [0.2, 0.25) is 0 Å². The first-order valence-corrected chi connectivity index (χ1v) is 8.38. The minimum absolute atomic E-state index is 0.188. The molecule has 0 bridgehead atoms. The topological polar surface area (TPSA) is 85.1 Å². The summed E-state index contributed by atoms with van der Waals surface area (Å²) < 4.78 is 1.86. The number of hydrogen-bond donors (Lipinski definition) is 1. The van der Waals surface area contributed by atoms with Crippen molar-refractivity contribution in [2.45, 2.75) is 26.8 Å². The number of benzene rings is 1. The largest absolute Gasteiger partial charge is 0.342 e. The highest BCUT2D eigenvalue weighted by Gasteiger charge is 2.17. The number of fused-ring (bicyclic) bond motifs is 2. The Balaban J connectivity index is 1.61. The predicted octanol–water partition coefficient (Wildman–Crippen LogP) is 2.78. The summed E-state index contributed by atoms with van der Waals surface area (Å²) in [5, 5.41) is 11.3. The van der Waals surface area contributed by atoms with Crippen molar-refractivity contribution in [3.8, 4) is 0 Å². The van der Waals surface area contributed by atoms with Gasteiger partial charge in [0.25, 0.3) is 5.91 Å². The molecule has 0 saturated carbocycles. The lowest BCUT2D eigenvalue weighted by Gasteiger charge is -2.13. The van der Waals surface area contributed by atoms with E-state index >= 15 is 0 Å². The third-order valence-corrected chi connectivity index (χ3v) is 4.41. The Morgan fingerprint density at radius 2 is 1.81 bits per heavy atom. The van der Waals surface area contributed by atoms with E-state index in [1.807, 2.05) is 55.6 Å². The fourth-order valence-corrected chi connectivity index (χ4v) is 2.87. The second-order valence-corrected chi connectivity index (χ2v) is 6.28. The second-order valence-electron chi connectivity index (χ2n) is 6.28. The van der Waals surface area contributed by atoms with Crippen LogP contribution in [-0.4, -0.2) is 30.5 Å². The van der Waals surface area contributed by atoms with Gasteiger partial charge in [0.15, 0.2) is 11.5 Å². The Morgan fingerprint density at radius 3 is 2.62 bits per heavy atom. The Morgan fingerprint density at radius 1 is 1.04 bits per heavy atom. The molecule has 7 nitrogen and oxygen atoms in total. The lowest BCUT2D eigenvalue weighted by atomic mass is 10.1. The molecule has 1 aromatic carbocycles. The van der Waals surface area contributed by atoms with Gasteiger partial charge >= 0.3 is 0 Å². The summed E-state index contributed by atoms with van der Waals surface area (Å²) >= 11 is 0. The number of aryl methyl sites for hydroxylation is 2. The van der Waals surface area contributed by atoms with E-state index in [1.54, 1.807) is 12.1 Å². The molecule has 3 heterocycles. The van der Waals surface area contributed by atoms with Crippen LogP contribution in [0.4, 0.5) is 0 Å². The van der Waals surface area contributed by atoms with Crippen LogP contribution in [0.1, 0.15) is 40.5 Å². The van der Waals surface area contributed by atoms with Crippen LogP contribution in [0.3, 0.4) is 0 Å². The normalized spacial score (nSPS) is 12.4. The van der Waals surface area contributed by atoms with Gasteiger partial charge in [-0.25, -0.2) is 9.97 Å². The maximum atomic E-state index is 12.7. The first-order chi connectivity index (χ1) is 12.5. The number of hydrogen-bond acceptors (Lipinski definition) is 5. The van der Waals surface area contributed by atoms with Gasteiger partial charge in [-0.15, -0.1) is 10.2 Å². The maximum Gasteiger partial charge on any atom is 0.251 e. The molecule has 0 aliphatic rings. The van der Waals surface area contributed by atoms with Gasteiger partial charge in [0.1, 0.15) is 0 Å². The highest BCUT2D eigenvalue weighted by molar-refractivity contribution is 5.97. The predicted molar refractivity (Wildman–Crippen MR) is 97.9 cm³/mol. The molecule has 0 radical (unpaired) electrons. The van der Waals surface area contributed by atoms with Crippen LogP contribution >= 0.6 is 0 Å². The molecule has 26 heavy (non-hydrogen) atoms. The molecule has 1 N–H and O–H groups in total. The molecular formula is C19H18N6O. The van der Waals surface area contributed by atoms with Gasteiger partial charge in [-0.1, -0.05) is 6.07 Å². The average Bonchev–Trinajstić information content (AvgIpc) is 3.06. The van der Waals surface area contributed by atoms with Crippen molar-refractivity contribution in [2.75, 3.05) is 0 Å². The van der Waals surface area contributed by atoms with Gasteiger partial charge in [0.05, 0.1) is 28.5 Å². The fourth-order valence-electron chi connectivity index (χ4n) is 2.87. The third-order valence-electron chi connectivity index (χ3n) is 4.41. The van der Waals surface area contributed by atoms with E-state index in [0.29, 0.717) is 16.9 Å². The molecule has 0 spiro atoms. The van der Waals surface area contributed by atoms with Crippen LogP contribution < -0.4 is 5.32 Å².